The summed E-state index contributed by atoms with van der Waals surface area (Å²) in [6, 6.07) is 8.07. The molecule has 0 aliphatic heterocycles. The lowest BCUT2D eigenvalue weighted by atomic mass is 10.0. The second-order valence-corrected chi connectivity index (χ2v) is 7.58. The van der Waals surface area contributed by atoms with Gasteiger partial charge in [0.25, 0.3) is 5.91 Å². The van der Waals surface area contributed by atoms with Crippen LogP contribution in [0.4, 0.5) is 5.69 Å². The van der Waals surface area contributed by atoms with Crippen molar-refractivity contribution in [2.45, 2.75) is 67.2 Å². The molecule has 0 saturated heterocycles. The Hall–Kier alpha value is -2.36. The van der Waals surface area contributed by atoms with Gasteiger partial charge in [0.05, 0.1) is 12.3 Å². The van der Waals surface area contributed by atoms with Gasteiger partial charge in [-0.2, -0.15) is 0 Å². The van der Waals surface area contributed by atoms with Crippen LogP contribution in [0.15, 0.2) is 24.3 Å². The number of pyridine rings is 1. The lowest BCUT2D eigenvalue weighted by Crippen LogP contribution is -2.19. The molecule has 0 bridgehead atoms. The Bertz CT molecular complexity index is 790. The van der Waals surface area contributed by atoms with Gasteiger partial charge in [-0.1, -0.05) is 52.8 Å². The number of nitrogens with zero attached hydrogens (tertiary/aromatic N) is 1. The van der Waals surface area contributed by atoms with Crippen molar-refractivity contribution in [2.75, 3.05) is 11.9 Å². The van der Waals surface area contributed by atoms with Crippen molar-refractivity contribution in [1.29, 1.82) is 0 Å². The summed E-state index contributed by atoms with van der Waals surface area (Å²) < 4.78 is 6.04. The monoisotopic (exact) mass is 382 g/mol. The Kier molecular flexibility index (Phi) is 8.04. The van der Waals surface area contributed by atoms with E-state index in [-0.39, 0.29) is 5.91 Å². The highest BCUT2D eigenvalue weighted by Gasteiger charge is 2.21. The average molecular weight is 383 g/mol. The van der Waals surface area contributed by atoms with Gasteiger partial charge in [-0.3, -0.25) is 9.78 Å². The number of rotatable bonds is 9. The van der Waals surface area contributed by atoms with Gasteiger partial charge >= 0.3 is 0 Å². The fraction of sp³-hybridized carbons (Fsp3) is 0.500. The van der Waals surface area contributed by atoms with Crippen LogP contribution in [-0.4, -0.2) is 17.5 Å². The van der Waals surface area contributed by atoms with Crippen LogP contribution < -0.4 is 10.1 Å². The summed E-state index contributed by atoms with van der Waals surface area (Å²) in [6.45, 7) is 13.1. The molecule has 1 N–H and O–H groups in total. The highest BCUT2D eigenvalue weighted by atomic mass is 16.5. The Labute approximate surface area is 169 Å². The second kappa shape index (κ2) is 10.3. The van der Waals surface area contributed by atoms with Crippen molar-refractivity contribution in [1.82, 2.24) is 4.98 Å². The molecule has 4 heteroatoms. The number of anilines is 1. The number of aryl methyl sites for hydroxylation is 4. The molecule has 4 nitrogen and oxygen atoms in total. The quantitative estimate of drug-likeness (QED) is 0.600. The van der Waals surface area contributed by atoms with Crippen LogP contribution in [0.3, 0.4) is 0 Å². The molecule has 0 atom stereocenters. The lowest BCUT2D eigenvalue weighted by molar-refractivity contribution is 0.102. The van der Waals surface area contributed by atoms with Crippen molar-refractivity contribution in [3.63, 3.8) is 0 Å². The first-order valence-electron chi connectivity index (χ1n) is 10.5. The highest BCUT2D eigenvalue weighted by molar-refractivity contribution is 6.07. The van der Waals surface area contributed by atoms with Gasteiger partial charge in [-0.25, -0.2) is 0 Å². The van der Waals surface area contributed by atoms with Gasteiger partial charge in [0.1, 0.15) is 11.3 Å². The minimum Gasteiger partial charge on any atom is -0.493 e. The molecular formula is C24H34N2O2. The molecule has 0 aliphatic carbocycles. The van der Waals surface area contributed by atoms with Crippen molar-refractivity contribution in [3.8, 4) is 5.75 Å². The molecule has 1 amide bonds. The zero-order chi connectivity index (χ0) is 20.7. The van der Waals surface area contributed by atoms with Gasteiger partial charge in [0, 0.05) is 17.4 Å². The van der Waals surface area contributed by atoms with Crippen molar-refractivity contribution in [2.24, 2.45) is 5.92 Å². The minimum atomic E-state index is -0.139. The van der Waals surface area contributed by atoms with Crippen LogP contribution >= 0.6 is 0 Å². The summed E-state index contributed by atoms with van der Waals surface area (Å²) in [6.07, 6.45) is 3.37. The van der Waals surface area contributed by atoms with E-state index in [1.807, 2.05) is 19.9 Å². The molecule has 1 aromatic carbocycles. The molecule has 1 heterocycles. The van der Waals surface area contributed by atoms with E-state index in [1.54, 1.807) is 0 Å². The van der Waals surface area contributed by atoms with Crippen LogP contribution in [0.1, 0.15) is 73.9 Å². The van der Waals surface area contributed by atoms with E-state index in [1.165, 1.54) is 0 Å². The topological polar surface area (TPSA) is 51.2 Å². The molecule has 0 radical (unpaired) electrons. The maximum absolute atomic E-state index is 13.3. The third-order valence-corrected chi connectivity index (χ3v) is 4.94. The molecule has 0 aliphatic rings. The summed E-state index contributed by atoms with van der Waals surface area (Å²) >= 11 is 0. The van der Waals surface area contributed by atoms with E-state index in [4.69, 9.17) is 4.74 Å². The number of amides is 1. The summed E-state index contributed by atoms with van der Waals surface area (Å²) in [5.41, 5.74) is 5.43. The SMILES string of the molecule is CCc1cccc(CC)c1NC(=O)c1c(OCCC(C)C)cc(C)nc1CC. The first-order chi connectivity index (χ1) is 13.4. The predicted molar refractivity (Wildman–Crippen MR) is 116 cm³/mol. The van der Waals surface area contributed by atoms with Crippen molar-refractivity contribution >= 4 is 11.6 Å². The van der Waals surface area contributed by atoms with Gasteiger partial charge in [0.15, 0.2) is 0 Å². The van der Waals surface area contributed by atoms with Gasteiger partial charge < -0.3 is 10.1 Å². The first kappa shape index (κ1) is 21.9. The van der Waals surface area contributed by atoms with Crippen LogP contribution in [-0.2, 0) is 19.3 Å². The summed E-state index contributed by atoms with van der Waals surface area (Å²) in [4.78, 5) is 17.9. The largest absolute Gasteiger partial charge is 0.493 e. The van der Waals surface area contributed by atoms with Gasteiger partial charge in [-0.15, -0.1) is 0 Å². The molecule has 28 heavy (non-hydrogen) atoms. The molecular weight excluding hydrogens is 348 g/mol. The van der Waals surface area contributed by atoms with E-state index >= 15 is 0 Å². The molecule has 1 aromatic heterocycles. The van der Waals surface area contributed by atoms with Crippen LogP contribution in [0.25, 0.3) is 0 Å². The summed E-state index contributed by atoms with van der Waals surface area (Å²) in [7, 11) is 0. The molecule has 0 saturated carbocycles. The van der Waals surface area contributed by atoms with Crippen molar-refractivity contribution in [3.05, 3.63) is 52.3 Å². The van der Waals surface area contributed by atoms with E-state index < -0.39 is 0 Å². The van der Waals surface area contributed by atoms with E-state index in [0.29, 0.717) is 30.3 Å². The predicted octanol–water partition coefficient (Wildman–Crippen LogP) is 5.75. The number of para-hydroxylation sites is 1. The van der Waals surface area contributed by atoms with Crippen LogP contribution in [0.5, 0.6) is 5.75 Å². The van der Waals surface area contributed by atoms with Crippen LogP contribution in [0, 0.1) is 12.8 Å². The second-order valence-electron chi connectivity index (χ2n) is 7.58. The first-order valence-corrected chi connectivity index (χ1v) is 10.5. The molecule has 152 valence electrons. The standard InChI is InChI=1S/C24H34N2O2/c1-7-18-11-10-12-19(8-2)23(18)26-24(27)22-20(9-3)25-17(6)15-21(22)28-14-13-16(4)5/h10-12,15-16H,7-9,13-14H2,1-6H3,(H,26,27). The normalized spacial score (nSPS) is 11.0. The third kappa shape index (κ3) is 5.34. The van der Waals surface area contributed by atoms with Crippen molar-refractivity contribution < 1.29 is 9.53 Å². The maximum Gasteiger partial charge on any atom is 0.261 e. The third-order valence-electron chi connectivity index (χ3n) is 4.94. The number of nitrogens with one attached hydrogen (secondary N) is 1. The zero-order valence-electron chi connectivity index (χ0n) is 18.2. The highest BCUT2D eigenvalue weighted by Crippen LogP contribution is 2.28. The molecule has 2 rings (SSSR count). The van der Waals surface area contributed by atoms with E-state index in [0.717, 1.165) is 47.5 Å². The number of hydrogen-bond donors (Lipinski definition) is 1. The van der Waals surface area contributed by atoms with Gasteiger partial charge in [0.2, 0.25) is 0 Å². The van der Waals surface area contributed by atoms with Crippen LogP contribution in [0.2, 0.25) is 0 Å². The Morgan fingerprint density at radius 2 is 1.75 bits per heavy atom. The number of aromatic nitrogens is 1. The zero-order valence-corrected chi connectivity index (χ0v) is 18.2. The molecule has 0 spiro atoms. The number of ether oxygens (including phenoxy) is 1. The van der Waals surface area contributed by atoms with E-state index in [2.05, 4.69) is 56.2 Å². The maximum atomic E-state index is 13.3. The molecule has 0 fully saturated rings. The molecule has 2 aromatic rings. The number of carbonyl (C=O) groups excluding carboxylic acids is 1. The summed E-state index contributed by atoms with van der Waals surface area (Å²) in [5.74, 6) is 1.04. The van der Waals surface area contributed by atoms with E-state index in [9.17, 15) is 4.79 Å². The Morgan fingerprint density at radius 1 is 1.11 bits per heavy atom. The minimum absolute atomic E-state index is 0.139. The average Bonchev–Trinajstić information content (AvgIpc) is 2.67. The van der Waals surface area contributed by atoms with Gasteiger partial charge in [-0.05, 0) is 49.7 Å². The summed E-state index contributed by atoms with van der Waals surface area (Å²) in [5, 5.41) is 3.17. The molecule has 0 unspecified atom stereocenters. The number of carbonyl (C=O) groups is 1. The number of hydrogen-bond acceptors (Lipinski definition) is 3. The fourth-order valence-corrected chi connectivity index (χ4v) is 3.30. The fourth-order valence-electron chi connectivity index (χ4n) is 3.30. The number of benzene rings is 1. The lowest BCUT2D eigenvalue weighted by Gasteiger charge is -2.18. The Balaban J connectivity index is 2.41. The Morgan fingerprint density at radius 3 is 2.29 bits per heavy atom. The smallest absolute Gasteiger partial charge is 0.261 e.